The Hall–Kier alpha value is -2.55. The van der Waals surface area contributed by atoms with Crippen LogP contribution in [0.2, 0.25) is 0 Å². The number of furan rings is 1. The Labute approximate surface area is 139 Å². The summed E-state index contributed by atoms with van der Waals surface area (Å²) in [6, 6.07) is 5.60. The van der Waals surface area contributed by atoms with Gasteiger partial charge in [-0.05, 0) is 18.2 Å². The molecule has 0 aliphatic rings. The Kier molecular flexibility index (Phi) is 5.22. The van der Waals surface area contributed by atoms with Gasteiger partial charge in [0.05, 0.1) is 20.3 Å². The van der Waals surface area contributed by atoms with Gasteiger partial charge in [-0.3, -0.25) is 10.1 Å². The Morgan fingerprint density at radius 2 is 1.91 bits per heavy atom. The zero-order chi connectivity index (χ0) is 17.0. The Morgan fingerprint density at radius 1 is 1.26 bits per heavy atom. The minimum absolute atomic E-state index is 0.0751. The number of esters is 1. The first-order valence-corrected chi connectivity index (χ1v) is 7.07. The Balaban J connectivity index is 2.10. The number of ether oxygens (including phenoxy) is 3. The lowest BCUT2D eigenvalue weighted by molar-refractivity contribution is -0.402. The molecule has 0 bridgehead atoms. The summed E-state index contributed by atoms with van der Waals surface area (Å²) in [7, 11) is 3.00. The molecule has 23 heavy (non-hydrogen) atoms. The van der Waals surface area contributed by atoms with Gasteiger partial charge in [0, 0.05) is 10.0 Å². The summed E-state index contributed by atoms with van der Waals surface area (Å²) >= 11 is 3.34. The topological polar surface area (TPSA) is 101 Å². The fourth-order valence-electron chi connectivity index (χ4n) is 1.76. The lowest BCUT2D eigenvalue weighted by Gasteiger charge is -2.11. The molecule has 0 fully saturated rings. The number of benzene rings is 1. The zero-order valence-electron chi connectivity index (χ0n) is 12.2. The highest BCUT2D eigenvalue weighted by molar-refractivity contribution is 9.10. The van der Waals surface area contributed by atoms with Gasteiger partial charge in [-0.1, -0.05) is 15.9 Å². The third-order valence-corrected chi connectivity index (χ3v) is 3.62. The quantitative estimate of drug-likeness (QED) is 0.426. The highest BCUT2D eigenvalue weighted by atomic mass is 79.9. The Bertz CT molecular complexity index is 741. The smallest absolute Gasteiger partial charge is 0.433 e. The Morgan fingerprint density at radius 3 is 2.48 bits per heavy atom. The molecular formula is C14H12BrNO7. The summed E-state index contributed by atoms with van der Waals surface area (Å²) in [5, 5.41) is 10.5. The van der Waals surface area contributed by atoms with E-state index in [-0.39, 0.29) is 12.4 Å². The number of methoxy groups -OCH3 is 2. The molecule has 0 unspecified atom stereocenters. The summed E-state index contributed by atoms with van der Waals surface area (Å²) in [6.07, 6.45) is 0. The normalized spacial score (nSPS) is 10.2. The molecule has 1 aromatic heterocycles. The van der Waals surface area contributed by atoms with Crippen LogP contribution in [0.4, 0.5) is 5.88 Å². The first kappa shape index (κ1) is 16.8. The van der Waals surface area contributed by atoms with Gasteiger partial charge in [0.1, 0.15) is 11.5 Å². The third kappa shape index (κ3) is 3.81. The predicted octanol–water partition coefficient (Wildman–Crippen LogP) is 3.32. The van der Waals surface area contributed by atoms with E-state index in [0.29, 0.717) is 21.5 Å². The van der Waals surface area contributed by atoms with Gasteiger partial charge < -0.3 is 18.6 Å². The standard InChI is InChI=1S/C14H12BrNO7/c1-20-11-5-8(9(15)6-12(11)21-2)7-22-14(17)10-3-4-13(23-10)16(18)19/h3-6H,7H2,1-2H3. The second kappa shape index (κ2) is 7.14. The maximum absolute atomic E-state index is 11.8. The van der Waals surface area contributed by atoms with Crippen LogP contribution in [0.5, 0.6) is 11.5 Å². The van der Waals surface area contributed by atoms with Crippen molar-refractivity contribution in [2.75, 3.05) is 14.2 Å². The van der Waals surface area contributed by atoms with E-state index in [4.69, 9.17) is 18.6 Å². The van der Waals surface area contributed by atoms with Crippen LogP contribution in [0.3, 0.4) is 0 Å². The molecule has 0 N–H and O–H groups in total. The molecule has 0 saturated carbocycles. The number of hydrogen-bond donors (Lipinski definition) is 0. The van der Waals surface area contributed by atoms with Gasteiger partial charge in [-0.25, -0.2) is 4.79 Å². The molecule has 1 aromatic carbocycles. The second-order valence-electron chi connectivity index (χ2n) is 4.27. The van der Waals surface area contributed by atoms with Crippen molar-refractivity contribution in [3.8, 4) is 11.5 Å². The molecule has 0 spiro atoms. The van der Waals surface area contributed by atoms with Gasteiger partial charge in [0.2, 0.25) is 5.76 Å². The number of nitrogens with zero attached hydrogens (tertiary/aromatic N) is 1. The molecule has 0 amide bonds. The van der Waals surface area contributed by atoms with Gasteiger partial charge in [0.15, 0.2) is 11.5 Å². The SMILES string of the molecule is COc1cc(Br)c(COC(=O)c2ccc([N+](=O)[O-])o2)cc1OC. The lowest BCUT2D eigenvalue weighted by Crippen LogP contribution is -2.05. The molecule has 8 nitrogen and oxygen atoms in total. The van der Waals surface area contributed by atoms with Crippen molar-refractivity contribution >= 4 is 27.8 Å². The van der Waals surface area contributed by atoms with Crippen molar-refractivity contribution in [3.63, 3.8) is 0 Å². The number of rotatable bonds is 6. The van der Waals surface area contributed by atoms with Crippen molar-refractivity contribution < 1.29 is 28.3 Å². The minimum atomic E-state index is -0.806. The molecule has 0 aliphatic heterocycles. The van der Waals surface area contributed by atoms with Gasteiger partial charge in [-0.2, -0.15) is 0 Å². The molecule has 0 aliphatic carbocycles. The van der Waals surface area contributed by atoms with E-state index in [1.807, 2.05) is 0 Å². The summed E-state index contributed by atoms with van der Waals surface area (Å²) in [4.78, 5) is 21.6. The maximum atomic E-state index is 11.8. The van der Waals surface area contributed by atoms with Crippen molar-refractivity contribution in [2.24, 2.45) is 0 Å². The predicted molar refractivity (Wildman–Crippen MR) is 81.7 cm³/mol. The molecule has 122 valence electrons. The van der Waals surface area contributed by atoms with Crippen LogP contribution in [-0.4, -0.2) is 25.1 Å². The fraction of sp³-hybridized carbons (Fsp3) is 0.214. The average molecular weight is 386 g/mol. The number of hydrogen-bond acceptors (Lipinski definition) is 7. The first-order chi connectivity index (χ1) is 11.0. The molecule has 0 atom stereocenters. The largest absolute Gasteiger partial charge is 0.493 e. The van der Waals surface area contributed by atoms with Crippen LogP contribution in [0.15, 0.2) is 33.2 Å². The number of nitro groups is 1. The zero-order valence-corrected chi connectivity index (χ0v) is 13.8. The maximum Gasteiger partial charge on any atom is 0.433 e. The van der Waals surface area contributed by atoms with Crippen LogP contribution in [0, 0.1) is 10.1 Å². The van der Waals surface area contributed by atoms with Gasteiger partial charge >= 0.3 is 11.9 Å². The van der Waals surface area contributed by atoms with Crippen LogP contribution in [-0.2, 0) is 11.3 Å². The molecule has 9 heteroatoms. The summed E-state index contributed by atoms with van der Waals surface area (Å²) in [6.45, 7) is -0.0751. The lowest BCUT2D eigenvalue weighted by atomic mass is 10.2. The molecule has 1 heterocycles. The van der Waals surface area contributed by atoms with Crippen LogP contribution < -0.4 is 9.47 Å². The number of carbonyl (C=O) groups excluding carboxylic acids is 1. The molecule has 0 saturated heterocycles. The van der Waals surface area contributed by atoms with E-state index in [1.54, 1.807) is 12.1 Å². The average Bonchev–Trinajstić information content (AvgIpc) is 3.03. The van der Waals surface area contributed by atoms with Crippen molar-refractivity contribution in [2.45, 2.75) is 6.61 Å². The summed E-state index contributed by atoms with van der Waals surface area (Å²) in [5.41, 5.74) is 0.636. The summed E-state index contributed by atoms with van der Waals surface area (Å²) in [5.74, 6) is -0.566. The first-order valence-electron chi connectivity index (χ1n) is 6.28. The van der Waals surface area contributed by atoms with Crippen LogP contribution in [0.25, 0.3) is 0 Å². The van der Waals surface area contributed by atoms with Crippen molar-refractivity contribution in [1.82, 2.24) is 0 Å². The van der Waals surface area contributed by atoms with E-state index in [9.17, 15) is 14.9 Å². The second-order valence-corrected chi connectivity index (χ2v) is 5.12. The summed E-state index contributed by atoms with van der Waals surface area (Å²) < 4.78 is 20.8. The van der Waals surface area contributed by atoms with E-state index in [2.05, 4.69) is 15.9 Å². The van der Waals surface area contributed by atoms with E-state index in [0.717, 1.165) is 6.07 Å². The van der Waals surface area contributed by atoms with E-state index in [1.165, 1.54) is 20.3 Å². The molecular weight excluding hydrogens is 374 g/mol. The van der Waals surface area contributed by atoms with Crippen LogP contribution in [0.1, 0.15) is 16.1 Å². The van der Waals surface area contributed by atoms with E-state index >= 15 is 0 Å². The van der Waals surface area contributed by atoms with E-state index < -0.39 is 16.8 Å². The van der Waals surface area contributed by atoms with Gasteiger partial charge in [-0.15, -0.1) is 0 Å². The number of halogens is 1. The van der Waals surface area contributed by atoms with Gasteiger partial charge in [0.25, 0.3) is 0 Å². The van der Waals surface area contributed by atoms with Crippen molar-refractivity contribution in [3.05, 3.63) is 50.2 Å². The molecule has 2 aromatic rings. The highest BCUT2D eigenvalue weighted by Crippen LogP contribution is 2.33. The monoisotopic (exact) mass is 385 g/mol. The minimum Gasteiger partial charge on any atom is -0.493 e. The third-order valence-electron chi connectivity index (χ3n) is 2.88. The van der Waals surface area contributed by atoms with Crippen molar-refractivity contribution in [1.29, 1.82) is 0 Å². The fourth-order valence-corrected chi connectivity index (χ4v) is 2.19. The van der Waals surface area contributed by atoms with Crippen LogP contribution >= 0.6 is 15.9 Å². The molecule has 2 rings (SSSR count). The molecule has 0 radical (unpaired) electrons. The number of carbonyl (C=O) groups is 1. The highest BCUT2D eigenvalue weighted by Gasteiger charge is 2.19.